The van der Waals surface area contributed by atoms with Crippen LogP contribution in [0, 0.1) is 11.8 Å². The summed E-state index contributed by atoms with van der Waals surface area (Å²) < 4.78 is 16.3. The Morgan fingerprint density at radius 2 is 1.96 bits per heavy atom. The minimum absolute atomic E-state index is 0.111. The van der Waals surface area contributed by atoms with Gasteiger partial charge in [-0.3, -0.25) is 4.79 Å². The van der Waals surface area contributed by atoms with Crippen LogP contribution in [-0.2, 0) is 4.79 Å². The molecule has 7 nitrogen and oxygen atoms in total. The molecule has 0 N–H and O–H groups in total. The number of ether oxygens (including phenoxy) is 2. The van der Waals surface area contributed by atoms with Crippen LogP contribution in [0.3, 0.4) is 0 Å². The molecule has 0 radical (unpaired) electrons. The number of benzene rings is 1. The van der Waals surface area contributed by atoms with E-state index in [4.69, 9.17) is 13.9 Å². The quantitative estimate of drug-likeness (QED) is 0.699. The average molecular weight is 391 g/mol. The summed E-state index contributed by atoms with van der Waals surface area (Å²) in [5, 5.41) is 8.50. The van der Waals surface area contributed by atoms with Gasteiger partial charge in [0.2, 0.25) is 5.91 Å². The van der Waals surface area contributed by atoms with E-state index in [1.807, 2.05) is 4.90 Å². The predicted octanol–water partition coefficient (Wildman–Crippen LogP) is 3.35. The molecule has 1 aromatic carbocycles. The second-order valence-electron chi connectivity index (χ2n) is 6.97. The van der Waals surface area contributed by atoms with Crippen molar-refractivity contribution in [2.75, 3.05) is 33.1 Å². The van der Waals surface area contributed by atoms with Crippen LogP contribution in [0.25, 0.3) is 11.5 Å². The van der Waals surface area contributed by atoms with Gasteiger partial charge in [-0.25, -0.2) is 0 Å². The number of amides is 1. The van der Waals surface area contributed by atoms with Crippen LogP contribution in [0.4, 0.5) is 0 Å². The highest BCUT2D eigenvalue weighted by Crippen LogP contribution is 2.33. The van der Waals surface area contributed by atoms with Crippen molar-refractivity contribution in [2.45, 2.75) is 25.5 Å². The molecule has 0 saturated carbocycles. The average Bonchev–Trinajstić information content (AvgIpc) is 3.13. The summed E-state index contributed by atoms with van der Waals surface area (Å²) in [6.45, 7) is 6.02. The van der Waals surface area contributed by atoms with Crippen LogP contribution in [0.5, 0.6) is 11.5 Å². The van der Waals surface area contributed by atoms with Crippen molar-refractivity contribution in [3.63, 3.8) is 0 Å². The number of nitrogens with zero attached hydrogens (tertiary/aromatic N) is 3. The van der Waals surface area contributed by atoms with Crippen molar-refractivity contribution in [3.05, 3.63) is 18.2 Å². The SMILES string of the molecule is COc1ccc(-c2nnc(SCC(=O)N3C[C@H](C)C[C@@H](C)C3)o2)c(OC)c1. The minimum atomic E-state index is 0.111. The topological polar surface area (TPSA) is 77.7 Å². The fraction of sp³-hybridized carbons (Fsp3) is 0.526. The van der Waals surface area contributed by atoms with E-state index in [-0.39, 0.29) is 5.91 Å². The molecule has 27 heavy (non-hydrogen) atoms. The lowest BCUT2D eigenvalue weighted by molar-refractivity contribution is -0.130. The van der Waals surface area contributed by atoms with E-state index in [9.17, 15) is 4.79 Å². The van der Waals surface area contributed by atoms with E-state index in [0.29, 0.717) is 45.8 Å². The van der Waals surface area contributed by atoms with Gasteiger partial charge >= 0.3 is 0 Å². The Morgan fingerprint density at radius 1 is 1.22 bits per heavy atom. The third-order valence-electron chi connectivity index (χ3n) is 4.59. The summed E-state index contributed by atoms with van der Waals surface area (Å²) in [5.41, 5.74) is 0.683. The molecule has 2 atom stereocenters. The van der Waals surface area contributed by atoms with Crippen LogP contribution in [0.1, 0.15) is 20.3 Å². The van der Waals surface area contributed by atoms with Crippen LogP contribution >= 0.6 is 11.8 Å². The highest BCUT2D eigenvalue weighted by atomic mass is 32.2. The molecule has 2 aromatic rings. The zero-order valence-corrected chi connectivity index (χ0v) is 16.9. The number of hydrogen-bond acceptors (Lipinski definition) is 7. The van der Waals surface area contributed by atoms with E-state index in [1.54, 1.807) is 32.4 Å². The molecule has 0 bridgehead atoms. The standard InChI is InChI=1S/C19H25N3O4S/c1-12-7-13(2)10-22(9-12)17(23)11-27-19-21-20-18(26-19)15-6-5-14(24-3)8-16(15)25-4/h5-6,8,12-13H,7,9-11H2,1-4H3/t12-,13-/m1/s1. The normalized spacial score (nSPS) is 19.8. The molecule has 0 unspecified atom stereocenters. The number of piperidine rings is 1. The highest BCUT2D eigenvalue weighted by Gasteiger charge is 2.25. The maximum atomic E-state index is 12.5. The Morgan fingerprint density at radius 3 is 2.63 bits per heavy atom. The van der Waals surface area contributed by atoms with Gasteiger partial charge in [0.25, 0.3) is 11.1 Å². The number of carbonyl (C=O) groups excluding carboxylic acids is 1. The van der Waals surface area contributed by atoms with Gasteiger partial charge in [0.1, 0.15) is 11.5 Å². The van der Waals surface area contributed by atoms with Gasteiger partial charge in [-0.1, -0.05) is 25.6 Å². The fourth-order valence-electron chi connectivity index (χ4n) is 3.43. The molecule has 0 spiro atoms. The monoisotopic (exact) mass is 391 g/mol. The third-order valence-corrected chi connectivity index (χ3v) is 5.39. The molecule has 1 aliphatic rings. The first-order valence-electron chi connectivity index (χ1n) is 8.96. The number of methoxy groups -OCH3 is 2. The zero-order chi connectivity index (χ0) is 19.4. The maximum absolute atomic E-state index is 12.5. The molecule has 1 fully saturated rings. The van der Waals surface area contributed by atoms with Gasteiger partial charge in [0.05, 0.1) is 25.5 Å². The molecule has 1 amide bonds. The Bertz CT molecular complexity index is 785. The van der Waals surface area contributed by atoms with Gasteiger partial charge in [-0.15, -0.1) is 10.2 Å². The lowest BCUT2D eigenvalue weighted by Crippen LogP contribution is -2.43. The molecule has 1 aromatic heterocycles. The third kappa shape index (κ3) is 4.74. The number of thioether (sulfide) groups is 1. The molecule has 2 heterocycles. The molecular weight excluding hydrogens is 366 g/mol. The highest BCUT2D eigenvalue weighted by molar-refractivity contribution is 7.99. The number of likely N-dealkylation sites (tertiary alicyclic amines) is 1. The number of carbonyl (C=O) groups is 1. The summed E-state index contributed by atoms with van der Waals surface area (Å²) in [5.74, 6) is 3.11. The van der Waals surface area contributed by atoms with Crippen LogP contribution in [0.15, 0.2) is 27.8 Å². The van der Waals surface area contributed by atoms with Crippen molar-refractivity contribution >= 4 is 17.7 Å². The van der Waals surface area contributed by atoms with Crippen molar-refractivity contribution in [1.29, 1.82) is 0 Å². The molecule has 3 rings (SSSR count). The van der Waals surface area contributed by atoms with Gasteiger partial charge in [-0.2, -0.15) is 0 Å². The maximum Gasteiger partial charge on any atom is 0.277 e. The number of aromatic nitrogens is 2. The summed E-state index contributed by atoms with van der Waals surface area (Å²) >= 11 is 1.26. The zero-order valence-electron chi connectivity index (χ0n) is 16.1. The molecule has 8 heteroatoms. The number of rotatable bonds is 6. The van der Waals surface area contributed by atoms with Gasteiger partial charge < -0.3 is 18.8 Å². The molecule has 146 valence electrons. The summed E-state index contributed by atoms with van der Waals surface area (Å²) in [4.78, 5) is 14.4. The Labute approximate surface area is 163 Å². The van der Waals surface area contributed by atoms with Crippen LogP contribution < -0.4 is 9.47 Å². The number of hydrogen-bond donors (Lipinski definition) is 0. The fourth-order valence-corrected chi connectivity index (χ4v) is 4.10. The van der Waals surface area contributed by atoms with Crippen LogP contribution in [0.2, 0.25) is 0 Å². The van der Waals surface area contributed by atoms with E-state index in [0.717, 1.165) is 13.1 Å². The predicted molar refractivity (Wildman–Crippen MR) is 103 cm³/mol. The summed E-state index contributed by atoms with van der Waals surface area (Å²) in [7, 11) is 3.17. The lowest BCUT2D eigenvalue weighted by Gasteiger charge is -2.34. The van der Waals surface area contributed by atoms with Gasteiger partial charge in [-0.05, 0) is 30.4 Å². The van der Waals surface area contributed by atoms with E-state index in [2.05, 4.69) is 24.0 Å². The van der Waals surface area contributed by atoms with E-state index in [1.165, 1.54) is 18.2 Å². The Kier molecular flexibility index (Phi) is 6.26. The van der Waals surface area contributed by atoms with Gasteiger partial charge in [0, 0.05) is 19.2 Å². The summed E-state index contributed by atoms with van der Waals surface area (Å²) in [6.07, 6.45) is 1.17. The van der Waals surface area contributed by atoms with Crippen molar-refractivity contribution in [2.24, 2.45) is 11.8 Å². The first kappa shape index (κ1) is 19.5. The molecular formula is C19H25N3O4S. The van der Waals surface area contributed by atoms with Crippen molar-refractivity contribution < 1.29 is 18.7 Å². The largest absolute Gasteiger partial charge is 0.497 e. The lowest BCUT2D eigenvalue weighted by atomic mass is 9.92. The molecule has 1 saturated heterocycles. The van der Waals surface area contributed by atoms with Gasteiger partial charge in [0.15, 0.2) is 0 Å². The second-order valence-corrected chi connectivity index (χ2v) is 7.90. The summed E-state index contributed by atoms with van der Waals surface area (Å²) in [6, 6.07) is 5.37. The first-order chi connectivity index (χ1) is 13.0. The smallest absolute Gasteiger partial charge is 0.277 e. The molecule has 0 aliphatic carbocycles. The Balaban J connectivity index is 1.64. The van der Waals surface area contributed by atoms with Crippen molar-refractivity contribution in [1.82, 2.24) is 15.1 Å². The first-order valence-corrected chi connectivity index (χ1v) is 9.95. The second kappa shape index (κ2) is 8.65. The molecule has 1 aliphatic heterocycles. The minimum Gasteiger partial charge on any atom is -0.497 e. The van der Waals surface area contributed by atoms with E-state index < -0.39 is 0 Å². The van der Waals surface area contributed by atoms with Crippen LogP contribution in [-0.4, -0.2) is 54.1 Å². The van der Waals surface area contributed by atoms with Crippen molar-refractivity contribution in [3.8, 4) is 23.0 Å². The van der Waals surface area contributed by atoms with E-state index >= 15 is 0 Å². The Hall–Kier alpha value is -2.22.